The summed E-state index contributed by atoms with van der Waals surface area (Å²) >= 11 is 1.76. The van der Waals surface area contributed by atoms with E-state index in [4.69, 9.17) is 10.1 Å². The molecule has 1 heterocycles. The van der Waals surface area contributed by atoms with Crippen molar-refractivity contribution in [3.63, 3.8) is 0 Å². The zero-order valence-corrected chi connectivity index (χ0v) is 11.7. The van der Waals surface area contributed by atoms with Gasteiger partial charge in [-0.05, 0) is 26.2 Å². The van der Waals surface area contributed by atoms with E-state index in [9.17, 15) is 4.79 Å². The molecule has 19 heavy (non-hydrogen) atoms. The number of hydrogen-bond donors (Lipinski definition) is 1. The van der Waals surface area contributed by atoms with Gasteiger partial charge in [0.25, 0.3) is 0 Å². The van der Waals surface area contributed by atoms with Crippen LogP contribution in [0.5, 0.6) is 0 Å². The van der Waals surface area contributed by atoms with E-state index in [0.717, 1.165) is 29.9 Å². The van der Waals surface area contributed by atoms with Crippen LogP contribution >= 0.6 is 11.8 Å². The van der Waals surface area contributed by atoms with Crippen LogP contribution in [-0.4, -0.2) is 27.4 Å². The standard InChI is InChI=1S/C15H17NO2S/c1-9-2-4-10(5-3-9)14-16-12-7-6-11(15(17)18)8-13(12)19-14/h2-5,11-13H,6-8H2,1H3,(H,17,18). The Kier molecular flexibility index (Phi) is 3.35. The summed E-state index contributed by atoms with van der Waals surface area (Å²) in [6, 6.07) is 8.72. The summed E-state index contributed by atoms with van der Waals surface area (Å²) in [5, 5.41) is 10.6. The fraction of sp³-hybridized carbons (Fsp3) is 0.467. The Bertz CT molecular complexity index is 523. The number of carbonyl (C=O) groups is 1. The summed E-state index contributed by atoms with van der Waals surface area (Å²) in [7, 11) is 0. The minimum absolute atomic E-state index is 0.179. The van der Waals surface area contributed by atoms with E-state index >= 15 is 0 Å². The SMILES string of the molecule is Cc1ccc(C2=NC3CCC(C(=O)O)CC3S2)cc1. The van der Waals surface area contributed by atoms with Crippen LogP contribution in [0.1, 0.15) is 30.4 Å². The lowest BCUT2D eigenvalue weighted by Crippen LogP contribution is -2.31. The van der Waals surface area contributed by atoms with Crippen molar-refractivity contribution < 1.29 is 9.90 Å². The summed E-state index contributed by atoms with van der Waals surface area (Å²) in [6.07, 6.45) is 2.43. The molecular formula is C15H17NO2S. The van der Waals surface area contributed by atoms with Gasteiger partial charge in [-0.25, -0.2) is 0 Å². The third-order valence-electron chi connectivity index (χ3n) is 3.95. The molecule has 1 aliphatic carbocycles. The van der Waals surface area contributed by atoms with Gasteiger partial charge >= 0.3 is 5.97 Å². The molecule has 3 nitrogen and oxygen atoms in total. The van der Waals surface area contributed by atoms with Crippen LogP contribution in [0.15, 0.2) is 29.3 Å². The molecule has 3 unspecified atom stereocenters. The Morgan fingerprint density at radius 1 is 1.32 bits per heavy atom. The Hall–Kier alpha value is -1.29. The highest BCUT2D eigenvalue weighted by molar-refractivity contribution is 8.15. The lowest BCUT2D eigenvalue weighted by atomic mass is 9.86. The number of aryl methyl sites for hydroxylation is 1. The molecule has 1 saturated carbocycles. The predicted octanol–water partition coefficient (Wildman–Crippen LogP) is 3.11. The van der Waals surface area contributed by atoms with Crippen molar-refractivity contribution in [1.29, 1.82) is 0 Å². The van der Waals surface area contributed by atoms with Crippen LogP contribution in [0, 0.1) is 12.8 Å². The molecule has 0 saturated heterocycles. The van der Waals surface area contributed by atoms with Gasteiger partial charge in [0.05, 0.1) is 17.0 Å². The number of benzene rings is 1. The molecule has 1 aromatic carbocycles. The Labute approximate surface area is 117 Å². The summed E-state index contributed by atoms with van der Waals surface area (Å²) in [5.41, 5.74) is 2.41. The maximum Gasteiger partial charge on any atom is 0.306 e. The molecule has 1 fully saturated rings. The van der Waals surface area contributed by atoms with Gasteiger partial charge < -0.3 is 5.11 Å². The predicted molar refractivity (Wildman–Crippen MR) is 77.9 cm³/mol. The average molecular weight is 275 g/mol. The van der Waals surface area contributed by atoms with Crippen molar-refractivity contribution in [2.24, 2.45) is 10.9 Å². The number of thioether (sulfide) groups is 1. The number of rotatable bonds is 2. The number of fused-ring (bicyclic) bond motifs is 1. The molecule has 1 aromatic rings. The first-order valence-corrected chi connectivity index (χ1v) is 7.56. The summed E-state index contributed by atoms with van der Waals surface area (Å²) in [5.74, 6) is -0.829. The number of aliphatic imine (C=N–C) groups is 1. The van der Waals surface area contributed by atoms with Crippen molar-refractivity contribution in [3.05, 3.63) is 35.4 Å². The lowest BCUT2D eigenvalue weighted by molar-refractivity contribution is -0.142. The number of nitrogens with zero attached hydrogens (tertiary/aromatic N) is 1. The van der Waals surface area contributed by atoms with Crippen LogP contribution in [0.25, 0.3) is 0 Å². The van der Waals surface area contributed by atoms with Crippen molar-refractivity contribution in [2.75, 3.05) is 0 Å². The van der Waals surface area contributed by atoms with E-state index in [1.165, 1.54) is 5.56 Å². The third kappa shape index (κ3) is 2.54. The normalized spacial score (nSPS) is 29.7. The largest absolute Gasteiger partial charge is 0.481 e. The molecule has 3 atom stereocenters. The van der Waals surface area contributed by atoms with Crippen molar-refractivity contribution in [3.8, 4) is 0 Å². The van der Waals surface area contributed by atoms with Crippen molar-refractivity contribution in [1.82, 2.24) is 0 Å². The first-order valence-electron chi connectivity index (χ1n) is 6.68. The quantitative estimate of drug-likeness (QED) is 0.902. The molecule has 0 spiro atoms. The van der Waals surface area contributed by atoms with Crippen LogP contribution in [0.2, 0.25) is 0 Å². The topological polar surface area (TPSA) is 49.7 Å². The van der Waals surface area contributed by atoms with Crippen molar-refractivity contribution in [2.45, 2.75) is 37.5 Å². The highest BCUT2D eigenvalue weighted by Crippen LogP contribution is 2.41. The van der Waals surface area contributed by atoms with Gasteiger partial charge in [-0.2, -0.15) is 0 Å². The number of aliphatic carboxylic acids is 1. The van der Waals surface area contributed by atoms with E-state index in [-0.39, 0.29) is 5.92 Å². The molecule has 2 aliphatic rings. The van der Waals surface area contributed by atoms with Gasteiger partial charge in [0.15, 0.2) is 0 Å². The average Bonchev–Trinajstić information content (AvgIpc) is 2.82. The molecule has 0 bridgehead atoms. The second-order valence-corrected chi connectivity index (χ2v) is 6.60. The van der Waals surface area contributed by atoms with E-state index in [2.05, 4.69) is 31.2 Å². The maximum atomic E-state index is 11.1. The first kappa shape index (κ1) is 12.7. The summed E-state index contributed by atoms with van der Waals surface area (Å²) in [6.45, 7) is 2.07. The van der Waals surface area contributed by atoms with E-state index < -0.39 is 5.97 Å². The lowest BCUT2D eigenvalue weighted by Gasteiger charge is -2.27. The fourth-order valence-corrected chi connectivity index (χ4v) is 4.21. The van der Waals surface area contributed by atoms with Gasteiger partial charge in [-0.15, -0.1) is 11.8 Å². The fourth-order valence-electron chi connectivity index (χ4n) is 2.77. The molecule has 4 heteroatoms. The molecule has 0 amide bonds. The number of carboxylic acid groups (broad SMARTS) is 1. The zero-order valence-electron chi connectivity index (χ0n) is 10.9. The highest BCUT2D eigenvalue weighted by Gasteiger charge is 2.38. The molecule has 3 rings (SSSR count). The summed E-state index contributed by atoms with van der Waals surface area (Å²) < 4.78 is 0. The summed E-state index contributed by atoms with van der Waals surface area (Å²) in [4.78, 5) is 15.9. The molecule has 0 radical (unpaired) electrons. The molecule has 1 aliphatic heterocycles. The zero-order chi connectivity index (χ0) is 13.4. The van der Waals surface area contributed by atoms with E-state index in [1.807, 2.05) is 0 Å². The van der Waals surface area contributed by atoms with Gasteiger partial charge in [0.1, 0.15) is 0 Å². The molecule has 100 valence electrons. The van der Waals surface area contributed by atoms with Crippen LogP contribution < -0.4 is 0 Å². The molecule has 1 N–H and O–H groups in total. The van der Waals surface area contributed by atoms with Gasteiger partial charge in [0, 0.05) is 10.8 Å². The minimum Gasteiger partial charge on any atom is -0.481 e. The van der Waals surface area contributed by atoms with E-state index in [0.29, 0.717) is 11.3 Å². The van der Waals surface area contributed by atoms with Gasteiger partial charge in [-0.3, -0.25) is 9.79 Å². The smallest absolute Gasteiger partial charge is 0.306 e. The Balaban J connectivity index is 1.75. The minimum atomic E-state index is -0.650. The van der Waals surface area contributed by atoms with Crippen LogP contribution in [-0.2, 0) is 4.79 Å². The number of carboxylic acids is 1. The Morgan fingerprint density at radius 3 is 2.74 bits per heavy atom. The first-order chi connectivity index (χ1) is 9.13. The van der Waals surface area contributed by atoms with E-state index in [1.54, 1.807) is 11.8 Å². The van der Waals surface area contributed by atoms with Crippen molar-refractivity contribution >= 4 is 22.8 Å². The third-order valence-corrected chi connectivity index (χ3v) is 5.32. The Morgan fingerprint density at radius 2 is 2.05 bits per heavy atom. The van der Waals surface area contributed by atoms with Gasteiger partial charge in [-0.1, -0.05) is 29.8 Å². The number of hydrogen-bond acceptors (Lipinski definition) is 3. The second kappa shape index (κ2) is 5.00. The van der Waals surface area contributed by atoms with Crippen LogP contribution in [0.3, 0.4) is 0 Å². The molecular weight excluding hydrogens is 258 g/mol. The monoisotopic (exact) mass is 275 g/mol. The molecule has 0 aromatic heterocycles. The van der Waals surface area contributed by atoms with Gasteiger partial charge in [0.2, 0.25) is 0 Å². The van der Waals surface area contributed by atoms with Crippen LogP contribution in [0.4, 0.5) is 0 Å². The maximum absolute atomic E-state index is 11.1. The highest BCUT2D eigenvalue weighted by atomic mass is 32.2. The second-order valence-electron chi connectivity index (χ2n) is 5.37.